The second kappa shape index (κ2) is 7.49. The lowest BCUT2D eigenvalue weighted by Gasteiger charge is -2.13. The van der Waals surface area contributed by atoms with Crippen LogP contribution in [0.25, 0.3) is 11.3 Å². The average Bonchev–Trinajstić information content (AvgIpc) is 2.67. The number of hydrogen-bond acceptors (Lipinski definition) is 4. The molecule has 0 bridgehead atoms. The summed E-state index contributed by atoms with van der Waals surface area (Å²) < 4.78 is 6.01. The van der Waals surface area contributed by atoms with E-state index in [9.17, 15) is 0 Å². The highest BCUT2D eigenvalue weighted by molar-refractivity contribution is 5.95. The Balaban J connectivity index is 1.94. The fourth-order valence-electron chi connectivity index (χ4n) is 2.48. The molecule has 0 aliphatic rings. The maximum absolute atomic E-state index is 8.86. The van der Waals surface area contributed by atoms with Crippen molar-refractivity contribution in [3.63, 3.8) is 0 Å². The molecule has 3 N–H and O–H groups in total. The molecule has 0 saturated heterocycles. The van der Waals surface area contributed by atoms with E-state index in [1.165, 1.54) is 0 Å². The zero-order chi connectivity index (χ0) is 17.6. The van der Waals surface area contributed by atoms with Crippen LogP contribution in [0.15, 0.2) is 71.9 Å². The van der Waals surface area contributed by atoms with Crippen molar-refractivity contribution >= 4 is 5.84 Å². The number of amidine groups is 1. The Morgan fingerprint density at radius 1 is 1.08 bits per heavy atom. The number of nitrogens with zero attached hydrogens (tertiary/aromatic N) is 2. The maximum Gasteiger partial charge on any atom is 0.188 e. The highest BCUT2D eigenvalue weighted by Crippen LogP contribution is 2.30. The van der Waals surface area contributed by atoms with Gasteiger partial charge in [-0.2, -0.15) is 0 Å². The van der Waals surface area contributed by atoms with Crippen molar-refractivity contribution in [3.05, 3.63) is 83.6 Å². The summed E-state index contributed by atoms with van der Waals surface area (Å²) in [6.45, 7) is 2.48. The van der Waals surface area contributed by atoms with Crippen molar-refractivity contribution in [1.29, 1.82) is 0 Å². The van der Waals surface area contributed by atoms with Gasteiger partial charge in [-0.15, -0.1) is 0 Å². The molecule has 0 saturated carbocycles. The topological polar surface area (TPSA) is 80.7 Å². The van der Waals surface area contributed by atoms with Crippen LogP contribution < -0.4 is 10.5 Å². The normalized spacial score (nSPS) is 11.3. The quantitative estimate of drug-likeness (QED) is 0.323. The van der Waals surface area contributed by atoms with Gasteiger partial charge in [0.15, 0.2) is 5.84 Å². The molecule has 5 nitrogen and oxygen atoms in total. The van der Waals surface area contributed by atoms with E-state index in [1.54, 1.807) is 6.07 Å². The number of hydrogen-bond donors (Lipinski definition) is 2. The van der Waals surface area contributed by atoms with Crippen LogP contribution in [0.2, 0.25) is 0 Å². The van der Waals surface area contributed by atoms with E-state index in [1.807, 2.05) is 67.6 Å². The summed E-state index contributed by atoms with van der Waals surface area (Å²) >= 11 is 0. The van der Waals surface area contributed by atoms with Gasteiger partial charge in [-0.25, -0.2) is 4.98 Å². The van der Waals surface area contributed by atoms with Gasteiger partial charge in [-0.05, 0) is 36.8 Å². The minimum Gasteiger partial charge on any atom is -0.488 e. The predicted molar refractivity (Wildman–Crippen MR) is 97.7 cm³/mol. The van der Waals surface area contributed by atoms with Crippen LogP contribution in [0, 0.1) is 6.92 Å². The lowest BCUT2D eigenvalue weighted by Crippen LogP contribution is -2.15. The summed E-state index contributed by atoms with van der Waals surface area (Å²) in [5, 5.41) is 11.9. The molecule has 3 rings (SSSR count). The number of aryl methyl sites for hydroxylation is 1. The van der Waals surface area contributed by atoms with Gasteiger partial charge in [0.2, 0.25) is 0 Å². The Labute approximate surface area is 146 Å². The third kappa shape index (κ3) is 3.95. The van der Waals surface area contributed by atoms with E-state index in [2.05, 4.69) is 10.1 Å². The second-order valence-corrected chi connectivity index (χ2v) is 5.67. The fraction of sp³-hybridized carbons (Fsp3) is 0.100. The van der Waals surface area contributed by atoms with Crippen LogP contribution in [-0.2, 0) is 6.61 Å². The minimum absolute atomic E-state index is 0.0266. The standard InChI is InChI=1S/C20H19N3O2/c1-14-10-11-19(25-13-15-6-3-2-4-7-15)16(12-14)17-8-5-9-18(22-17)20(21)23-24/h2-12,24H,13H2,1H3,(H2,21,23). The number of pyridine rings is 1. The zero-order valence-corrected chi connectivity index (χ0v) is 13.9. The van der Waals surface area contributed by atoms with Gasteiger partial charge in [-0.3, -0.25) is 0 Å². The molecule has 126 valence electrons. The summed E-state index contributed by atoms with van der Waals surface area (Å²) in [6, 6.07) is 21.3. The molecule has 0 amide bonds. The first kappa shape index (κ1) is 16.5. The van der Waals surface area contributed by atoms with E-state index >= 15 is 0 Å². The number of nitrogens with two attached hydrogens (primary N) is 1. The molecule has 0 aliphatic heterocycles. The predicted octanol–water partition coefficient (Wildman–Crippen LogP) is 3.73. The van der Waals surface area contributed by atoms with E-state index in [0.717, 1.165) is 22.4 Å². The van der Waals surface area contributed by atoms with Crippen LogP contribution in [-0.4, -0.2) is 16.0 Å². The van der Waals surface area contributed by atoms with E-state index in [0.29, 0.717) is 18.0 Å². The molecule has 0 spiro atoms. The highest BCUT2D eigenvalue weighted by atomic mass is 16.5. The summed E-state index contributed by atoms with van der Waals surface area (Å²) in [7, 11) is 0. The number of benzene rings is 2. The first-order valence-electron chi connectivity index (χ1n) is 7.90. The van der Waals surface area contributed by atoms with Crippen molar-refractivity contribution in [2.45, 2.75) is 13.5 Å². The van der Waals surface area contributed by atoms with E-state index in [-0.39, 0.29) is 5.84 Å². The molecule has 1 aromatic heterocycles. The van der Waals surface area contributed by atoms with E-state index in [4.69, 9.17) is 15.7 Å². The van der Waals surface area contributed by atoms with Gasteiger partial charge in [0.05, 0.1) is 5.69 Å². The average molecular weight is 333 g/mol. The van der Waals surface area contributed by atoms with Gasteiger partial charge >= 0.3 is 0 Å². The van der Waals surface area contributed by atoms with Crippen LogP contribution in [0.5, 0.6) is 5.75 Å². The molecule has 0 unspecified atom stereocenters. The zero-order valence-electron chi connectivity index (χ0n) is 13.9. The molecule has 25 heavy (non-hydrogen) atoms. The maximum atomic E-state index is 8.86. The van der Waals surface area contributed by atoms with Crippen LogP contribution >= 0.6 is 0 Å². The lowest BCUT2D eigenvalue weighted by molar-refractivity contribution is 0.307. The summed E-state index contributed by atoms with van der Waals surface area (Å²) in [5.41, 5.74) is 9.82. The third-order valence-corrected chi connectivity index (χ3v) is 3.77. The van der Waals surface area contributed by atoms with Crippen LogP contribution in [0.1, 0.15) is 16.8 Å². The molecule has 0 atom stereocenters. The molecule has 1 heterocycles. The van der Waals surface area contributed by atoms with Gasteiger partial charge < -0.3 is 15.7 Å². The van der Waals surface area contributed by atoms with Crippen LogP contribution in [0.4, 0.5) is 0 Å². The Bertz CT molecular complexity index is 892. The summed E-state index contributed by atoms with van der Waals surface area (Å²) in [4.78, 5) is 4.47. The monoisotopic (exact) mass is 333 g/mol. The molecule has 5 heteroatoms. The molecule has 0 fully saturated rings. The first-order chi connectivity index (χ1) is 12.2. The van der Waals surface area contributed by atoms with Crippen molar-refractivity contribution in [3.8, 4) is 17.0 Å². The van der Waals surface area contributed by atoms with Crippen LogP contribution in [0.3, 0.4) is 0 Å². The van der Waals surface area contributed by atoms with Gasteiger partial charge in [-0.1, -0.05) is 53.2 Å². The lowest BCUT2D eigenvalue weighted by atomic mass is 10.1. The van der Waals surface area contributed by atoms with Crippen molar-refractivity contribution in [2.24, 2.45) is 10.9 Å². The summed E-state index contributed by atoms with van der Waals surface area (Å²) in [6.07, 6.45) is 0. The second-order valence-electron chi connectivity index (χ2n) is 5.67. The molecule has 0 aliphatic carbocycles. The van der Waals surface area contributed by atoms with Crippen molar-refractivity contribution < 1.29 is 9.94 Å². The van der Waals surface area contributed by atoms with E-state index < -0.39 is 0 Å². The molecule has 3 aromatic rings. The van der Waals surface area contributed by atoms with Crippen molar-refractivity contribution in [2.75, 3.05) is 0 Å². The number of rotatable bonds is 5. The Morgan fingerprint density at radius 3 is 2.64 bits per heavy atom. The molecular formula is C20H19N3O2. The van der Waals surface area contributed by atoms with Gasteiger partial charge in [0.25, 0.3) is 0 Å². The first-order valence-corrected chi connectivity index (χ1v) is 7.90. The minimum atomic E-state index is -0.0266. The summed E-state index contributed by atoms with van der Waals surface area (Å²) in [5.74, 6) is 0.708. The highest BCUT2D eigenvalue weighted by Gasteiger charge is 2.11. The van der Waals surface area contributed by atoms with Gasteiger partial charge in [0.1, 0.15) is 18.1 Å². The number of ether oxygens (including phenoxy) is 1. The molecule has 0 radical (unpaired) electrons. The van der Waals surface area contributed by atoms with Crippen molar-refractivity contribution in [1.82, 2.24) is 4.98 Å². The number of aromatic nitrogens is 1. The Morgan fingerprint density at radius 2 is 1.88 bits per heavy atom. The SMILES string of the molecule is Cc1ccc(OCc2ccccc2)c(-c2cccc(C(N)=NO)n2)c1. The molecule has 2 aromatic carbocycles. The Hall–Kier alpha value is -3.34. The third-order valence-electron chi connectivity index (χ3n) is 3.77. The van der Waals surface area contributed by atoms with Gasteiger partial charge in [0, 0.05) is 5.56 Å². The largest absolute Gasteiger partial charge is 0.488 e. The molecular weight excluding hydrogens is 314 g/mol. The number of oxime groups is 1. The smallest absolute Gasteiger partial charge is 0.188 e. The fourth-order valence-corrected chi connectivity index (χ4v) is 2.48. The Kier molecular flexibility index (Phi) is 4.95.